The van der Waals surface area contributed by atoms with Crippen LogP contribution < -0.4 is 0 Å². The Bertz CT molecular complexity index is 296. The van der Waals surface area contributed by atoms with Crippen LogP contribution in [0.1, 0.15) is 6.42 Å². The molecule has 0 spiro atoms. The van der Waals surface area contributed by atoms with Gasteiger partial charge >= 0.3 is 5.97 Å². The molecule has 2 atom stereocenters. The summed E-state index contributed by atoms with van der Waals surface area (Å²) in [5, 5.41) is 13.5. The van der Waals surface area contributed by atoms with Gasteiger partial charge in [-0.2, -0.15) is 0 Å². The normalized spacial score (nSPS) is 36.3. The molecule has 0 radical (unpaired) electrons. The van der Waals surface area contributed by atoms with E-state index in [0.717, 1.165) is 13.1 Å². The Morgan fingerprint density at radius 1 is 1.53 bits per heavy atom. The Labute approximate surface area is 87.8 Å². The van der Waals surface area contributed by atoms with E-state index in [1.165, 1.54) is 5.01 Å². The lowest BCUT2D eigenvalue weighted by atomic mass is 9.73. The van der Waals surface area contributed by atoms with Gasteiger partial charge < -0.3 is 10.0 Å². The van der Waals surface area contributed by atoms with E-state index in [9.17, 15) is 14.8 Å². The van der Waals surface area contributed by atoms with Gasteiger partial charge in [-0.15, -0.1) is 4.91 Å². The van der Waals surface area contributed by atoms with Crippen molar-refractivity contribution in [2.45, 2.75) is 6.42 Å². The van der Waals surface area contributed by atoms with Gasteiger partial charge in [0.05, 0.1) is 17.2 Å². The smallest absolute Gasteiger partial charge is 0.311 e. The van der Waals surface area contributed by atoms with Crippen LogP contribution in [0.3, 0.4) is 0 Å². The number of carboxylic acid groups (broad SMARTS) is 1. The highest BCUT2D eigenvalue weighted by Gasteiger charge is 2.54. The van der Waals surface area contributed by atoms with Crippen LogP contribution in [0.4, 0.5) is 0 Å². The van der Waals surface area contributed by atoms with Gasteiger partial charge in [0.2, 0.25) is 0 Å². The maximum atomic E-state index is 11.3. The third-order valence-corrected chi connectivity index (χ3v) is 3.69. The predicted molar refractivity (Wildman–Crippen MR) is 53.0 cm³/mol. The van der Waals surface area contributed by atoms with Crippen molar-refractivity contribution in [2.75, 3.05) is 33.2 Å². The number of nitroso groups, excluding NO2 is 1. The lowest BCUT2D eigenvalue weighted by Gasteiger charge is -2.38. The largest absolute Gasteiger partial charge is 0.481 e. The first-order chi connectivity index (χ1) is 7.08. The monoisotopic (exact) mass is 213 g/mol. The average molecular weight is 213 g/mol. The first-order valence-corrected chi connectivity index (χ1v) is 5.08. The zero-order valence-corrected chi connectivity index (χ0v) is 8.72. The van der Waals surface area contributed by atoms with Crippen LogP contribution in [0, 0.1) is 16.2 Å². The van der Waals surface area contributed by atoms with Crippen LogP contribution in [0.15, 0.2) is 5.29 Å². The number of likely N-dealkylation sites (tertiary alicyclic amines) is 1. The molecule has 2 rings (SSSR count). The Hall–Kier alpha value is -1.17. The molecule has 6 heteroatoms. The van der Waals surface area contributed by atoms with Gasteiger partial charge in [-0.05, 0) is 20.0 Å². The van der Waals surface area contributed by atoms with E-state index in [-0.39, 0.29) is 12.5 Å². The molecule has 6 nitrogen and oxygen atoms in total. The zero-order chi connectivity index (χ0) is 11.1. The van der Waals surface area contributed by atoms with E-state index in [1.807, 2.05) is 7.05 Å². The van der Waals surface area contributed by atoms with Crippen molar-refractivity contribution >= 4 is 5.97 Å². The molecule has 15 heavy (non-hydrogen) atoms. The van der Waals surface area contributed by atoms with Crippen LogP contribution >= 0.6 is 0 Å². The van der Waals surface area contributed by atoms with Crippen LogP contribution in [0.2, 0.25) is 0 Å². The second kappa shape index (κ2) is 3.44. The molecule has 0 aromatic carbocycles. The van der Waals surface area contributed by atoms with Gasteiger partial charge in [0.1, 0.15) is 0 Å². The fourth-order valence-corrected chi connectivity index (χ4v) is 2.73. The van der Waals surface area contributed by atoms with Crippen molar-refractivity contribution in [3.05, 3.63) is 4.91 Å². The van der Waals surface area contributed by atoms with Crippen LogP contribution in [0.25, 0.3) is 0 Å². The number of hydrogen-bond donors (Lipinski definition) is 1. The van der Waals surface area contributed by atoms with E-state index in [1.54, 1.807) is 0 Å². The molecule has 2 saturated heterocycles. The van der Waals surface area contributed by atoms with E-state index < -0.39 is 11.4 Å². The predicted octanol–water partition coefficient (Wildman–Crippen LogP) is 0.00610. The van der Waals surface area contributed by atoms with E-state index >= 15 is 0 Å². The highest BCUT2D eigenvalue weighted by Crippen LogP contribution is 2.42. The first kappa shape index (κ1) is 10.4. The Kier molecular flexibility index (Phi) is 2.38. The highest BCUT2D eigenvalue weighted by molar-refractivity contribution is 5.76. The number of piperidine rings is 1. The summed E-state index contributed by atoms with van der Waals surface area (Å²) in [5.74, 6) is -0.766. The lowest BCUT2D eigenvalue weighted by molar-refractivity contribution is -0.153. The molecule has 2 fully saturated rings. The van der Waals surface area contributed by atoms with Crippen molar-refractivity contribution in [3.8, 4) is 0 Å². The number of nitrogens with zero attached hydrogens (tertiary/aromatic N) is 3. The molecule has 1 N–H and O–H groups in total. The summed E-state index contributed by atoms with van der Waals surface area (Å²) >= 11 is 0. The Morgan fingerprint density at radius 2 is 2.27 bits per heavy atom. The molecule has 0 aromatic rings. The minimum atomic E-state index is -0.785. The number of carbonyl (C=O) groups is 1. The summed E-state index contributed by atoms with van der Waals surface area (Å²) in [5.41, 5.74) is -0.750. The Balaban J connectivity index is 2.24. The average Bonchev–Trinajstić information content (AvgIpc) is 2.56. The van der Waals surface area contributed by atoms with Crippen LogP contribution in [0.5, 0.6) is 0 Å². The SMILES string of the molecule is CN1CCC2(C(=O)O)CN(N=O)CC2C1. The first-order valence-electron chi connectivity index (χ1n) is 5.08. The molecule has 2 unspecified atom stereocenters. The summed E-state index contributed by atoms with van der Waals surface area (Å²) in [6.45, 7) is 2.25. The van der Waals surface area contributed by atoms with Crippen molar-refractivity contribution in [1.82, 2.24) is 9.91 Å². The summed E-state index contributed by atoms with van der Waals surface area (Å²) < 4.78 is 0. The second-order valence-electron chi connectivity index (χ2n) is 4.60. The topological polar surface area (TPSA) is 73.2 Å². The number of rotatable bonds is 2. The summed E-state index contributed by atoms with van der Waals surface area (Å²) in [6, 6.07) is 0. The maximum Gasteiger partial charge on any atom is 0.311 e. The van der Waals surface area contributed by atoms with Gasteiger partial charge in [-0.3, -0.25) is 9.80 Å². The van der Waals surface area contributed by atoms with E-state index in [0.29, 0.717) is 13.0 Å². The van der Waals surface area contributed by atoms with Crippen molar-refractivity contribution < 1.29 is 9.90 Å². The molecular weight excluding hydrogens is 198 g/mol. The lowest BCUT2D eigenvalue weighted by Crippen LogP contribution is -2.49. The molecule has 2 heterocycles. The maximum absolute atomic E-state index is 11.3. The number of carboxylic acids is 1. The van der Waals surface area contributed by atoms with Gasteiger partial charge in [0.15, 0.2) is 0 Å². The third kappa shape index (κ3) is 1.49. The molecule has 0 bridgehead atoms. The van der Waals surface area contributed by atoms with Gasteiger partial charge in [0.25, 0.3) is 0 Å². The number of aliphatic carboxylic acids is 1. The summed E-state index contributed by atoms with van der Waals surface area (Å²) in [7, 11) is 1.97. The number of fused-ring (bicyclic) bond motifs is 1. The van der Waals surface area contributed by atoms with Crippen LogP contribution in [-0.2, 0) is 4.79 Å². The fourth-order valence-electron chi connectivity index (χ4n) is 2.73. The van der Waals surface area contributed by atoms with Gasteiger partial charge in [-0.25, -0.2) is 0 Å². The molecule has 0 saturated carbocycles. The zero-order valence-electron chi connectivity index (χ0n) is 8.72. The molecule has 0 aromatic heterocycles. The standard InChI is InChI=1S/C9H15N3O3/c1-11-3-2-9(8(13)14)6-12(10-15)5-7(9)4-11/h7H,2-6H2,1H3,(H,13,14). The number of hydrogen-bond acceptors (Lipinski definition) is 4. The molecular formula is C9H15N3O3. The van der Waals surface area contributed by atoms with Gasteiger partial charge in [-0.1, -0.05) is 0 Å². The molecule has 2 aliphatic rings. The molecule has 0 aliphatic carbocycles. The van der Waals surface area contributed by atoms with Crippen molar-refractivity contribution in [3.63, 3.8) is 0 Å². The Morgan fingerprint density at radius 3 is 2.87 bits per heavy atom. The molecule has 2 aliphatic heterocycles. The van der Waals surface area contributed by atoms with Crippen molar-refractivity contribution in [1.29, 1.82) is 0 Å². The summed E-state index contributed by atoms with van der Waals surface area (Å²) in [4.78, 5) is 23.9. The van der Waals surface area contributed by atoms with E-state index in [4.69, 9.17) is 0 Å². The minimum absolute atomic E-state index is 0.0199. The van der Waals surface area contributed by atoms with Crippen molar-refractivity contribution in [2.24, 2.45) is 16.6 Å². The minimum Gasteiger partial charge on any atom is -0.481 e. The fraction of sp³-hybridized carbons (Fsp3) is 0.889. The molecule has 0 amide bonds. The molecule has 84 valence electrons. The third-order valence-electron chi connectivity index (χ3n) is 3.69. The second-order valence-corrected chi connectivity index (χ2v) is 4.60. The van der Waals surface area contributed by atoms with Gasteiger partial charge in [0, 0.05) is 19.0 Å². The quantitative estimate of drug-likeness (QED) is 0.654. The van der Waals surface area contributed by atoms with Crippen LogP contribution in [-0.4, -0.2) is 54.2 Å². The van der Waals surface area contributed by atoms with E-state index in [2.05, 4.69) is 10.2 Å². The highest BCUT2D eigenvalue weighted by atomic mass is 16.4. The summed E-state index contributed by atoms with van der Waals surface area (Å²) in [6.07, 6.45) is 0.607.